The van der Waals surface area contributed by atoms with E-state index in [1.54, 1.807) is 0 Å². The number of hydrogen-bond donors (Lipinski definition) is 2. The van der Waals surface area contributed by atoms with Crippen LogP contribution in [-0.2, 0) is 0 Å². The van der Waals surface area contributed by atoms with E-state index in [4.69, 9.17) is 5.84 Å². The Hall–Kier alpha value is 0.210. The summed E-state index contributed by atoms with van der Waals surface area (Å²) in [5.41, 5.74) is 2.57. The quantitative estimate of drug-likeness (QED) is 0.382. The molecule has 1 rings (SSSR count). The molecule has 0 aliphatic heterocycles. The highest BCUT2D eigenvalue weighted by atomic mass is 35.5. The maximum absolute atomic E-state index is 4.96. The van der Waals surface area contributed by atoms with Crippen LogP contribution < -0.4 is 11.3 Å². The molecule has 1 aliphatic carbocycles. The van der Waals surface area contributed by atoms with Crippen LogP contribution in [0.5, 0.6) is 0 Å². The average Bonchev–Trinajstić information content (AvgIpc) is 2.67. The molecule has 0 radical (unpaired) electrons. The SMILES string of the molecule is C1CC1.CCCCNN.Cl. The van der Waals surface area contributed by atoms with Crippen LogP contribution in [0.2, 0.25) is 0 Å². The molecule has 2 nitrogen and oxygen atoms in total. The normalized spacial score (nSPS) is 12.6. The zero-order valence-corrected chi connectivity index (χ0v) is 7.54. The van der Waals surface area contributed by atoms with E-state index in [9.17, 15) is 0 Å². The van der Waals surface area contributed by atoms with Gasteiger partial charge in [-0.05, 0) is 6.42 Å². The highest BCUT2D eigenvalue weighted by molar-refractivity contribution is 5.85. The number of hydrogen-bond acceptors (Lipinski definition) is 2. The molecule has 0 saturated heterocycles. The topological polar surface area (TPSA) is 38.0 Å². The molecule has 1 aliphatic rings. The lowest BCUT2D eigenvalue weighted by Gasteiger charge is -1.89. The smallest absolute Gasteiger partial charge is 0.00973 e. The van der Waals surface area contributed by atoms with Gasteiger partial charge in [-0.15, -0.1) is 12.4 Å². The number of halogens is 1. The molecule has 0 aromatic heterocycles. The van der Waals surface area contributed by atoms with Crippen molar-refractivity contribution in [3.8, 4) is 0 Å². The van der Waals surface area contributed by atoms with Crippen molar-refractivity contribution in [2.75, 3.05) is 6.54 Å². The van der Waals surface area contributed by atoms with E-state index in [1.807, 2.05) is 0 Å². The van der Waals surface area contributed by atoms with Gasteiger partial charge < -0.3 is 0 Å². The second-order valence-electron chi connectivity index (χ2n) is 2.37. The maximum atomic E-state index is 4.96. The summed E-state index contributed by atoms with van der Waals surface area (Å²) >= 11 is 0. The summed E-state index contributed by atoms with van der Waals surface area (Å²) in [5.74, 6) is 4.96. The molecule has 3 N–H and O–H groups in total. The van der Waals surface area contributed by atoms with Crippen LogP contribution in [0.4, 0.5) is 0 Å². The second kappa shape index (κ2) is 11.9. The van der Waals surface area contributed by atoms with Crippen LogP contribution >= 0.6 is 12.4 Å². The lowest BCUT2D eigenvalue weighted by molar-refractivity contribution is 0.669. The van der Waals surface area contributed by atoms with Crippen molar-refractivity contribution in [3.63, 3.8) is 0 Å². The molecule has 0 heterocycles. The van der Waals surface area contributed by atoms with Gasteiger partial charge in [0.2, 0.25) is 0 Å². The monoisotopic (exact) mass is 166 g/mol. The Labute approximate surface area is 69.9 Å². The van der Waals surface area contributed by atoms with Crippen LogP contribution in [0.15, 0.2) is 0 Å². The van der Waals surface area contributed by atoms with Crippen LogP contribution in [0, 0.1) is 0 Å². The van der Waals surface area contributed by atoms with E-state index >= 15 is 0 Å². The third-order valence-corrected chi connectivity index (χ3v) is 1.03. The van der Waals surface area contributed by atoms with Crippen LogP contribution in [0.25, 0.3) is 0 Å². The Balaban J connectivity index is 0. The zero-order chi connectivity index (χ0) is 6.95. The van der Waals surface area contributed by atoms with Crippen LogP contribution in [0.3, 0.4) is 0 Å². The highest BCUT2D eigenvalue weighted by Gasteiger charge is 1.95. The van der Waals surface area contributed by atoms with Gasteiger partial charge in [-0.2, -0.15) is 0 Å². The summed E-state index contributed by atoms with van der Waals surface area (Å²) < 4.78 is 0. The summed E-state index contributed by atoms with van der Waals surface area (Å²) in [6.45, 7) is 3.08. The number of hydrazine groups is 1. The van der Waals surface area contributed by atoms with Crippen LogP contribution in [-0.4, -0.2) is 6.54 Å². The van der Waals surface area contributed by atoms with E-state index < -0.39 is 0 Å². The van der Waals surface area contributed by atoms with Gasteiger partial charge >= 0.3 is 0 Å². The zero-order valence-electron chi connectivity index (χ0n) is 6.73. The molecule has 1 fully saturated rings. The van der Waals surface area contributed by atoms with Gasteiger partial charge in [0, 0.05) is 6.54 Å². The number of nitrogens with one attached hydrogen (secondary N) is 1. The lowest BCUT2D eigenvalue weighted by atomic mass is 10.3. The first-order valence-electron chi connectivity index (χ1n) is 3.85. The highest BCUT2D eigenvalue weighted by Crippen LogP contribution is 2.14. The Morgan fingerprint density at radius 3 is 1.90 bits per heavy atom. The number of unbranched alkanes of at least 4 members (excludes halogenated alkanes) is 1. The largest absolute Gasteiger partial charge is 0.271 e. The molecule has 3 heteroatoms. The third kappa shape index (κ3) is 24.1. The summed E-state index contributed by atoms with van der Waals surface area (Å²) in [6.07, 6.45) is 6.89. The van der Waals surface area contributed by atoms with E-state index in [1.165, 1.54) is 32.1 Å². The van der Waals surface area contributed by atoms with Gasteiger partial charge in [0.15, 0.2) is 0 Å². The number of nitrogens with two attached hydrogens (primary N) is 1. The summed E-state index contributed by atoms with van der Waals surface area (Å²) in [7, 11) is 0. The Morgan fingerprint density at radius 1 is 1.30 bits per heavy atom. The van der Waals surface area contributed by atoms with Crippen molar-refractivity contribution in [1.29, 1.82) is 0 Å². The van der Waals surface area contributed by atoms with E-state index in [-0.39, 0.29) is 12.4 Å². The molecule has 0 aromatic rings. The Bertz CT molecular complexity index is 42.1. The first kappa shape index (κ1) is 12.8. The van der Waals surface area contributed by atoms with E-state index in [0.717, 1.165) is 6.54 Å². The predicted octanol–water partition coefficient (Wildman–Crippen LogP) is 1.84. The van der Waals surface area contributed by atoms with Gasteiger partial charge in [0.1, 0.15) is 0 Å². The first-order chi connectivity index (χ1) is 4.41. The van der Waals surface area contributed by atoms with Gasteiger partial charge in [-0.25, -0.2) is 0 Å². The van der Waals surface area contributed by atoms with E-state index in [2.05, 4.69) is 12.3 Å². The van der Waals surface area contributed by atoms with Crippen molar-refractivity contribution < 1.29 is 0 Å². The van der Waals surface area contributed by atoms with Crippen molar-refractivity contribution in [2.45, 2.75) is 39.0 Å². The molecular weight excluding hydrogens is 148 g/mol. The summed E-state index contributed by atoms with van der Waals surface area (Å²) in [4.78, 5) is 0. The van der Waals surface area contributed by atoms with Gasteiger partial charge in [0.25, 0.3) is 0 Å². The number of rotatable bonds is 3. The minimum absolute atomic E-state index is 0. The average molecular weight is 167 g/mol. The second-order valence-corrected chi connectivity index (χ2v) is 2.37. The molecule has 10 heavy (non-hydrogen) atoms. The molecule has 0 atom stereocenters. The van der Waals surface area contributed by atoms with Gasteiger partial charge in [0.05, 0.1) is 0 Å². The fourth-order valence-corrected chi connectivity index (χ4v) is 0.279. The molecular formula is C7H19ClN2. The first-order valence-corrected chi connectivity index (χ1v) is 3.85. The van der Waals surface area contributed by atoms with Crippen molar-refractivity contribution in [1.82, 2.24) is 5.43 Å². The minimum atomic E-state index is 0. The van der Waals surface area contributed by atoms with Crippen LogP contribution in [0.1, 0.15) is 39.0 Å². The standard InChI is InChI=1S/C4H12N2.C3H6.ClH/c1-2-3-4-6-5;1-2-3-1;/h6H,2-5H2,1H3;1-3H2;1H. The summed E-state index contributed by atoms with van der Waals surface area (Å²) in [5, 5.41) is 0. The van der Waals surface area contributed by atoms with Crippen molar-refractivity contribution in [3.05, 3.63) is 0 Å². The molecule has 0 amide bonds. The Kier molecular flexibility index (Phi) is 15.3. The van der Waals surface area contributed by atoms with Crippen molar-refractivity contribution >= 4 is 12.4 Å². The molecule has 0 aromatic carbocycles. The summed E-state index contributed by atoms with van der Waals surface area (Å²) in [6, 6.07) is 0. The fourth-order valence-electron chi connectivity index (χ4n) is 0.279. The minimum Gasteiger partial charge on any atom is -0.271 e. The third-order valence-electron chi connectivity index (χ3n) is 1.03. The molecule has 1 saturated carbocycles. The van der Waals surface area contributed by atoms with Gasteiger partial charge in [-0.3, -0.25) is 11.3 Å². The molecule has 0 spiro atoms. The molecule has 64 valence electrons. The maximum Gasteiger partial charge on any atom is 0.00973 e. The van der Waals surface area contributed by atoms with Crippen molar-refractivity contribution in [2.24, 2.45) is 5.84 Å². The van der Waals surface area contributed by atoms with Gasteiger partial charge in [-0.1, -0.05) is 32.6 Å². The lowest BCUT2D eigenvalue weighted by Crippen LogP contribution is -2.22. The molecule has 0 unspecified atom stereocenters. The Morgan fingerprint density at radius 2 is 1.80 bits per heavy atom. The molecule has 0 bridgehead atoms. The fraction of sp³-hybridized carbons (Fsp3) is 1.00. The predicted molar refractivity (Wildman–Crippen MR) is 48.2 cm³/mol. The van der Waals surface area contributed by atoms with E-state index in [0.29, 0.717) is 0 Å².